The van der Waals surface area contributed by atoms with Crippen molar-refractivity contribution in [2.45, 2.75) is 46.7 Å². The van der Waals surface area contributed by atoms with Gasteiger partial charge in [-0.3, -0.25) is 4.79 Å². The summed E-state index contributed by atoms with van der Waals surface area (Å²) < 4.78 is 5.61. The molecule has 0 atom stereocenters. The first-order chi connectivity index (χ1) is 9.85. The van der Waals surface area contributed by atoms with Gasteiger partial charge in [0.25, 0.3) is 5.91 Å². The van der Waals surface area contributed by atoms with Crippen LogP contribution in [0.15, 0.2) is 24.3 Å². The predicted octanol–water partition coefficient (Wildman–Crippen LogP) is 2.82. The maximum atomic E-state index is 11.9. The summed E-state index contributed by atoms with van der Waals surface area (Å²) in [4.78, 5) is 13.7. The van der Waals surface area contributed by atoms with E-state index in [9.17, 15) is 4.79 Å². The third-order valence-electron chi connectivity index (χ3n) is 3.20. The van der Waals surface area contributed by atoms with Crippen molar-refractivity contribution in [3.63, 3.8) is 0 Å². The van der Waals surface area contributed by atoms with E-state index in [0.29, 0.717) is 13.1 Å². The van der Waals surface area contributed by atoms with Gasteiger partial charge in [-0.1, -0.05) is 12.1 Å². The highest BCUT2D eigenvalue weighted by Gasteiger charge is 2.11. The van der Waals surface area contributed by atoms with Crippen LogP contribution in [0.3, 0.4) is 0 Å². The minimum atomic E-state index is 0.0261. The lowest BCUT2D eigenvalue weighted by Gasteiger charge is -2.21. The fraction of sp³-hybridized carbons (Fsp3) is 0.588. The smallest absolute Gasteiger partial charge is 0.260 e. The summed E-state index contributed by atoms with van der Waals surface area (Å²) in [6.07, 6.45) is 0. The molecule has 4 nitrogen and oxygen atoms in total. The van der Waals surface area contributed by atoms with Crippen molar-refractivity contribution in [2.24, 2.45) is 0 Å². The Bertz CT molecular complexity index is 448. The van der Waals surface area contributed by atoms with Gasteiger partial charge in [0.05, 0.1) is 0 Å². The van der Waals surface area contributed by atoms with Gasteiger partial charge in [0.1, 0.15) is 5.75 Å². The van der Waals surface area contributed by atoms with Crippen LogP contribution in [0.25, 0.3) is 0 Å². The van der Waals surface area contributed by atoms with E-state index in [1.54, 1.807) is 4.90 Å². The number of hydrogen-bond donors (Lipinski definition) is 1. The predicted molar refractivity (Wildman–Crippen MR) is 86.5 cm³/mol. The Hall–Kier alpha value is -1.55. The van der Waals surface area contributed by atoms with Crippen LogP contribution in [0.4, 0.5) is 0 Å². The molecule has 118 valence electrons. The molecule has 0 aliphatic heterocycles. The highest BCUT2D eigenvalue weighted by atomic mass is 16.5. The molecule has 0 aliphatic carbocycles. The maximum Gasteiger partial charge on any atom is 0.260 e. The van der Waals surface area contributed by atoms with Crippen LogP contribution in [-0.2, 0) is 11.3 Å². The van der Waals surface area contributed by atoms with Crippen molar-refractivity contribution in [3.05, 3.63) is 29.8 Å². The van der Waals surface area contributed by atoms with E-state index < -0.39 is 0 Å². The zero-order valence-electron chi connectivity index (χ0n) is 13.9. The summed E-state index contributed by atoms with van der Waals surface area (Å²) >= 11 is 0. The Morgan fingerprint density at radius 3 is 2.48 bits per heavy atom. The van der Waals surface area contributed by atoms with E-state index in [2.05, 4.69) is 32.2 Å². The molecule has 0 unspecified atom stereocenters. The van der Waals surface area contributed by atoms with Crippen LogP contribution in [0.1, 0.15) is 40.2 Å². The van der Waals surface area contributed by atoms with Gasteiger partial charge in [-0.2, -0.15) is 0 Å². The first kappa shape index (κ1) is 17.5. The monoisotopic (exact) mass is 292 g/mol. The number of benzene rings is 1. The number of hydrogen-bond acceptors (Lipinski definition) is 3. The minimum absolute atomic E-state index is 0.0261. The Labute approximate surface area is 128 Å². The average molecular weight is 292 g/mol. The average Bonchev–Trinajstić information content (AvgIpc) is 2.44. The number of nitrogens with one attached hydrogen (secondary N) is 1. The standard InChI is InChI=1S/C17H28N2O2/c1-6-19(7-2)16(20)13-21-15-10-8-9-14(11-15)12-18-17(3,4)5/h8-11,18H,6-7,12-13H2,1-5H3. The number of ether oxygens (including phenoxy) is 1. The van der Waals surface area contributed by atoms with Crippen molar-refractivity contribution >= 4 is 5.91 Å². The molecule has 1 rings (SSSR count). The van der Waals surface area contributed by atoms with E-state index in [1.807, 2.05) is 32.0 Å². The topological polar surface area (TPSA) is 41.6 Å². The second kappa shape index (κ2) is 8.03. The molecule has 0 saturated heterocycles. The number of nitrogens with zero attached hydrogens (tertiary/aromatic N) is 1. The van der Waals surface area contributed by atoms with Crippen molar-refractivity contribution in [2.75, 3.05) is 19.7 Å². The van der Waals surface area contributed by atoms with Crippen LogP contribution in [0.5, 0.6) is 5.75 Å². The highest BCUT2D eigenvalue weighted by Crippen LogP contribution is 2.14. The van der Waals surface area contributed by atoms with E-state index in [0.717, 1.165) is 17.9 Å². The second-order valence-electron chi connectivity index (χ2n) is 6.11. The third kappa shape index (κ3) is 6.63. The zero-order chi connectivity index (χ0) is 15.9. The summed E-state index contributed by atoms with van der Waals surface area (Å²) in [5.74, 6) is 0.766. The molecule has 0 heterocycles. The fourth-order valence-corrected chi connectivity index (χ4v) is 1.93. The number of carbonyl (C=O) groups excluding carboxylic acids is 1. The first-order valence-corrected chi connectivity index (χ1v) is 7.60. The van der Waals surface area contributed by atoms with E-state index >= 15 is 0 Å². The summed E-state index contributed by atoms with van der Waals surface area (Å²) in [6.45, 7) is 12.7. The van der Waals surface area contributed by atoms with Crippen molar-refractivity contribution < 1.29 is 9.53 Å². The maximum absolute atomic E-state index is 11.9. The lowest BCUT2D eigenvalue weighted by molar-refractivity contribution is -0.132. The number of carbonyl (C=O) groups is 1. The van der Waals surface area contributed by atoms with Gasteiger partial charge in [0, 0.05) is 25.2 Å². The van der Waals surface area contributed by atoms with E-state index in [-0.39, 0.29) is 18.1 Å². The minimum Gasteiger partial charge on any atom is -0.484 e. The van der Waals surface area contributed by atoms with E-state index in [4.69, 9.17) is 4.74 Å². The third-order valence-corrected chi connectivity index (χ3v) is 3.20. The molecule has 4 heteroatoms. The highest BCUT2D eigenvalue weighted by molar-refractivity contribution is 5.77. The van der Waals surface area contributed by atoms with Crippen molar-refractivity contribution in [1.29, 1.82) is 0 Å². The quantitative estimate of drug-likeness (QED) is 0.840. The van der Waals surface area contributed by atoms with Gasteiger partial charge in [0.2, 0.25) is 0 Å². The second-order valence-corrected chi connectivity index (χ2v) is 6.11. The van der Waals surface area contributed by atoms with Crippen LogP contribution >= 0.6 is 0 Å². The summed E-state index contributed by atoms with van der Waals surface area (Å²) in [7, 11) is 0. The molecule has 0 spiro atoms. The van der Waals surface area contributed by atoms with Crippen LogP contribution in [-0.4, -0.2) is 36.0 Å². The van der Waals surface area contributed by atoms with Gasteiger partial charge >= 0.3 is 0 Å². The van der Waals surface area contributed by atoms with Gasteiger partial charge < -0.3 is 15.0 Å². The van der Waals surface area contributed by atoms with Crippen LogP contribution in [0, 0.1) is 0 Å². The molecular formula is C17H28N2O2. The SMILES string of the molecule is CCN(CC)C(=O)COc1cccc(CNC(C)(C)C)c1. The van der Waals surface area contributed by atoms with Crippen LogP contribution in [0.2, 0.25) is 0 Å². The number of amides is 1. The summed E-state index contributed by atoms with van der Waals surface area (Å²) in [6, 6.07) is 7.87. The fourth-order valence-electron chi connectivity index (χ4n) is 1.93. The molecule has 1 N–H and O–H groups in total. The summed E-state index contributed by atoms with van der Waals surface area (Å²) in [5, 5.41) is 3.44. The van der Waals surface area contributed by atoms with Gasteiger partial charge in [-0.25, -0.2) is 0 Å². The molecular weight excluding hydrogens is 264 g/mol. The molecule has 21 heavy (non-hydrogen) atoms. The molecule has 0 aliphatic rings. The van der Waals surface area contributed by atoms with Gasteiger partial charge in [-0.15, -0.1) is 0 Å². The Balaban J connectivity index is 2.55. The van der Waals surface area contributed by atoms with Crippen molar-refractivity contribution in [1.82, 2.24) is 10.2 Å². The molecule has 0 aromatic heterocycles. The Morgan fingerprint density at radius 2 is 1.90 bits per heavy atom. The zero-order valence-corrected chi connectivity index (χ0v) is 13.9. The van der Waals surface area contributed by atoms with Crippen molar-refractivity contribution in [3.8, 4) is 5.75 Å². The van der Waals surface area contributed by atoms with Gasteiger partial charge in [-0.05, 0) is 52.3 Å². The summed E-state index contributed by atoms with van der Waals surface area (Å²) in [5.41, 5.74) is 1.23. The lowest BCUT2D eigenvalue weighted by atomic mass is 10.1. The normalized spacial score (nSPS) is 11.3. The molecule has 1 aromatic rings. The first-order valence-electron chi connectivity index (χ1n) is 7.60. The number of likely N-dealkylation sites (N-methyl/N-ethyl adjacent to an activating group) is 1. The Kier molecular flexibility index (Phi) is 6.69. The molecule has 0 fully saturated rings. The van der Waals surface area contributed by atoms with Crippen LogP contribution < -0.4 is 10.1 Å². The largest absolute Gasteiger partial charge is 0.484 e. The number of rotatable bonds is 7. The van der Waals surface area contributed by atoms with E-state index in [1.165, 1.54) is 0 Å². The molecule has 1 aromatic carbocycles. The lowest BCUT2D eigenvalue weighted by Crippen LogP contribution is -2.35. The Morgan fingerprint density at radius 1 is 1.24 bits per heavy atom. The van der Waals surface area contributed by atoms with Gasteiger partial charge in [0.15, 0.2) is 6.61 Å². The molecule has 0 saturated carbocycles. The molecule has 0 radical (unpaired) electrons. The molecule has 0 bridgehead atoms. The molecule has 1 amide bonds.